The van der Waals surface area contributed by atoms with Crippen LogP contribution in [0.15, 0.2) is 48.3 Å². The number of anilines is 1. The molecule has 0 aliphatic heterocycles. The maximum atomic E-state index is 12.7. The Labute approximate surface area is 158 Å². The molecule has 1 aromatic heterocycles. The van der Waals surface area contributed by atoms with Crippen molar-refractivity contribution in [3.05, 3.63) is 64.4 Å². The number of rotatable bonds is 4. The number of hydrogen-bond acceptors (Lipinski definition) is 3. The molecule has 2 aromatic rings. The summed E-state index contributed by atoms with van der Waals surface area (Å²) < 4.78 is 0. The third-order valence-corrected chi connectivity index (χ3v) is 3.85. The number of aryl methyl sites for hydroxylation is 1. The van der Waals surface area contributed by atoms with Crippen LogP contribution in [-0.4, -0.2) is 16.8 Å². The molecule has 0 saturated carbocycles. The van der Waals surface area contributed by atoms with Gasteiger partial charge < -0.3 is 10.6 Å². The van der Waals surface area contributed by atoms with Crippen molar-refractivity contribution in [3.63, 3.8) is 0 Å². The minimum Gasteiger partial charge on any atom is -0.321 e. The van der Waals surface area contributed by atoms with E-state index in [0.29, 0.717) is 10.8 Å². The van der Waals surface area contributed by atoms with Gasteiger partial charge in [0, 0.05) is 16.6 Å². The van der Waals surface area contributed by atoms with Gasteiger partial charge in [-0.05, 0) is 42.3 Å². The highest BCUT2D eigenvalue weighted by Gasteiger charge is 2.24. The van der Waals surface area contributed by atoms with Gasteiger partial charge >= 0.3 is 0 Å². The van der Waals surface area contributed by atoms with Crippen LogP contribution in [0.2, 0.25) is 5.02 Å². The number of hydrogen-bond donors (Lipinski definition) is 2. The molecule has 1 aromatic carbocycles. The maximum absolute atomic E-state index is 12.7. The number of aromatic nitrogens is 1. The lowest BCUT2D eigenvalue weighted by molar-refractivity contribution is -0.128. The summed E-state index contributed by atoms with van der Waals surface area (Å²) in [5.41, 5.74) is 1.07. The van der Waals surface area contributed by atoms with Crippen molar-refractivity contribution in [3.8, 4) is 0 Å². The summed E-state index contributed by atoms with van der Waals surface area (Å²) in [6, 6.07) is 10.6. The Morgan fingerprint density at radius 1 is 1.12 bits per heavy atom. The summed E-state index contributed by atoms with van der Waals surface area (Å²) >= 11 is 5.90. The highest BCUT2D eigenvalue weighted by Crippen LogP contribution is 2.17. The molecule has 0 fully saturated rings. The monoisotopic (exact) mass is 371 g/mol. The lowest BCUT2D eigenvalue weighted by Gasteiger charge is -2.19. The first-order valence-electron chi connectivity index (χ1n) is 8.18. The van der Waals surface area contributed by atoms with E-state index in [-0.39, 0.29) is 11.6 Å². The van der Waals surface area contributed by atoms with Crippen LogP contribution < -0.4 is 10.6 Å². The molecule has 0 atom stereocenters. The average Bonchev–Trinajstić information content (AvgIpc) is 2.57. The SMILES string of the molecule is Cc1cccnc1NC(=O)/C(=C\c1ccc(Cl)cc1)NC(=O)C(C)(C)C. The van der Waals surface area contributed by atoms with E-state index >= 15 is 0 Å². The van der Waals surface area contributed by atoms with Crippen LogP contribution in [0.1, 0.15) is 31.9 Å². The van der Waals surface area contributed by atoms with E-state index in [2.05, 4.69) is 15.6 Å². The molecule has 0 unspecified atom stereocenters. The molecular weight excluding hydrogens is 350 g/mol. The second-order valence-electron chi connectivity index (χ2n) is 6.94. The first-order chi connectivity index (χ1) is 12.2. The Kier molecular flexibility index (Phi) is 6.16. The lowest BCUT2D eigenvalue weighted by Crippen LogP contribution is -2.38. The van der Waals surface area contributed by atoms with Crippen LogP contribution in [0.3, 0.4) is 0 Å². The van der Waals surface area contributed by atoms with Crippen molar-refractivity contribution in [1.29, 1.82) is 0 Å². The number of benzene rings is 1. The van der Waals surface area contributed by atoms with Crippen LogP contribution in [0.4, 0.5) is 5.82 Å². The fraction of sp³-hybridized carbons (Fsp3) is 0.250. The van der Waals surface area contributed by atoms with E-state index in [0.717, 1.165) is 11.1 Å². The number of amides is 2. The van der Waals surface area contributed by atoms with Crippen molar-refractivity contribution >= 4 is 35.3 Å². The summed E-state index contributed by atoms with van der Waals surface area (Å²) in [4.78, 5) is 29.3. The zero-order valence-corrected chi connectivity index (χ0v) is 16.0. The fourth-order valence-corrected chi connectivity index (χ4v) is 2.11. The summed E-state index contributed by atoms with van der Waals surface area (Å²) in [5, 5.41) is 6.04. The second kappa shape index (κ2) is 8.15. The largest absolute Gasteiger partial charge is 0.321 e. The smallest absolute Gasteiger partial charge is 0.273 e. The summed E-state index contributed by atoms with van der Waals surface area (Å²) in [7, 11) is 0. The molecule has 1 heterocycles. The molecule has 136 valence electrons. The Balaban J connectivity index is 2.33. The first-order valence-corrected chi connectivity index (χ1v) is 8.56. The topological polar surface area (TPSA) is 71.1 Å². The molecule has 2 N–H and O–H groups in total. The molecule has 0 radical (unpaired) electrons. The van der Waals surface area contributed by atoms with Gasteiger partial charge in [-0.2, -0.15) is 0 Å². The molecule has 0 saturated heterocycles. The average molecular weight is 372 g/mol. The van der Waals surface area contributed by atoms with Gasteiger partial charge in [0.25, 0.3) is 5.91 Å². The summed E-state index contributed by atoms with van der Waals surface area (Å²) in [6.07, 6.45) is 3.20. The number of carbonyl (C=O) groups excluding carboxylic acids is 2. The second-order valence-corrected chi connectivity index (χ2v) is 7.37. The Morgan fingerprint density at radius 3 is 2.35 bits per heavy atom. The van der Waals surface area contributed by atoms with Crippen LogP contribution in [-0.2, 0) is 9.59 Å². The number of nitrogens with zero attached hydrogens (tertiary/aromatic N) is 1. The van der Waals surface area contributed by atoms with Crippen LogP contribution in [0.25, 0.3) is 6.08 Å². The molecule has 5 nitrogen and oxygen atoms in total. The van der Waals surface area contributed by atoms with Gasteiger partial charge in [-0.1, -0.05) is 50.6 Å². The van der Waals surface area contributed by atoms with Gasteiger partial charge in [0.15, 0.2) is 0 Å². The van der Waals surface area contributed by atoms with Crippen LogP contribution in [0.5, 0.6) is 0 Å². The maximum Gasteiger partial charge on any atom is 0.273 e. The van der Waals surface area contributed by atoms with Crippen molar-refractivity contribution in [1.82, 2.24) is 10.3 Å². The highest BCUT2D eigenvalue weighted by atomic mass is 35.5. The molecule has 6 heteroatoms. The lowest BCUT2D eigenvalue weighted by atomic mass is 9.95. The highest BCUT2D eigenvalue weighted by molar-refractivity contribution is 6.30. The molecule has 2 amide bonds. The van der Waals surface area contributed by atoms with E-state index in [9.17, 15) is 9.59 Å². The molecule has 26 heavy (non-hydrogen) atoms. The zero-order chi connectivity index (χ0) is 19.3. The van der Waals surface area contributed by atoms with Gasteiger partial charge in [0.2, 0.25) is 5.91 Å². The third-order valence-electron chi connectivity index (χ3n) is 3.60. The van der Waals surface area contributed by atoms with Gasteiger partial charge in [-0.15, -0.1) is 0 Å². The van der Waals surface area contributed by atoms with E-state index < -0.39 is 11.3 Å². The Bertz CT molecular complexity index is 837. The molecule has 0 spiro atoms. The molecule has 0 aliphatic carbocycles. The predicted octanol–water partition coefficient (Wildman–Crippen LogP) is 4.19. The number of nitrogens with one attached hydrogen (secondary N) is 2. The van der Waals surface area contributed by atoms with Gasteiger partial charge in [0.1, 0.15) is 11.5 Å². The summed E-state index contributed by atoms with van der Waals surface area (Å²) in [5.74, 6) is -0.255. The zero-order valence-electron chi connectivity index (χ0n) is 15.3. The van der Waals surface area contributed by atoms with Gasteiger partial charge in [0.05, 0.1) is 0 Å². The minimum absolute atomic E-state index is 0.136. The third kappa shape index (κ3) is 5.43. The van der Waals surface area contributed by atoms with E-state index in [4.69, 9.17) is 11.6 Å². The quantitative estimate of drug-likeness (QED) is 0.792. The fourth-order valence-electron chi connectivity index (χ4n) is 1.99. The number of carbonyl (C=O) groups is 2. The van der Waals surface area contributed by atoms with E-state index in [1.165, 1.54) is 0 Å². The van der Waals surface area contributed by atoms with E-state index in [1.54, 1.807) is 63.4 Å². The summed E-state index contributed by atoms with van der Waals surface area (Å²) in [6.45, 7) is 7.19. The standard InChI is InChI=1S/C20H22ClN3O2/c1-13-6-5-11-22-17(13)24-18(25)16(23-19(26)20(2,3)4)12-14-7-9-15(21)10-8-14/h5-12H,1-4H3,(H,23,26)(H,22,24,25)/b16-12+. The molecule has 0 bridgehead atoms. The minimum atomic E-state index is -0.639. The van der Waals surface area contributed by atoms with Crippen molar-refractivity contribution in [2.75, 3.05) is 5.32 Å². The van der Waals surface area contributed by atoms with Gasteiger partial charge in [-0.25, -0.2) is 4.98 Å². The van der Waals surface area contributed by atoms with Gasteiger partial charge in [-0.3, -0.25) is 9.59 Å². The number of pyridine rings is 1. The number of halogens is 1. The molecule has 2 rings (SSSR count). The van der Waals surface area contributed by atoms with Crippen molar-refractivity contribution in [2.45, 2.75) is 27.7 Å². The van der Waals surface area contributed by atoms with Crippen LogP contribution >= 0.6 is 11.6 Å². The molecule has 0 aliphatic rings. The Hall–Kier alpha value is -2.66. The van der Waals surface area contributed by atoms with E-state index in [1.807, 2.05) is 13.0 Å². The first kappa shape index (κ1) is 19.7. The van der Waals surface area contributed by atoms with Crippen LogP contribution in [0, 0.1) is 12.3 Å². The normalized spacial score (nSPS) is 11.8. The van der Waals surface area contributed by atoms with Crippen molar-refractivity contribution in [2.24, 2.45) is 5.41 Å². The van der Waals surface area contributed by atoms with Crippen molar-refractivity contribution < 1.29 is 9.59 Å². The predicted molar refractivity (Wildman–Crippen MR) is 105 cm³/mol. The molecular formula is C20H22ClN3O2. The Morgan fingerprint density at radius 2 is 1.77 bits per heavy atom.